The molecular formula is C44H51N7O3. The molecule has 0 saturated carbocycles. The molecule has 3 N–H and O–H groups in total. The van der Waals surface area contributed by atoms with Crippen molar-refractivity contribution < 1.29 is 14.4 Å². The smallest absolute Gasteiger partial charge is 0.249 e. The highest BCUT2D eigenvalue weighted by molar-refractivity contribution is 6.01. The maximum absolute atomic E-state index is 12.4. The molecule has 280 valence electrons. The van der Waals surface area contributed by atoms with Gasteiger partial charge in [0.2, 0.25) is 17.7 Å². The zero-order chi connectivity index (χ0) is 37.8. The molecule has 0 spiro atoms. The summed E-state index contributed by atoms with van der Waals surface area (Å²) in [6, 6.07) is 25.4. The lowest BCUT2D eigenvalue weighted by molar-refractivity contribution is -0.133. The van der Waals surface area contributed by atoms with Crippen molar-refractivity contribution in [1.29, 1.82) is 0 Å². The minimum atomic E-state index is -0.369. The Morgan fingerprint density at radius 1 is 0.907 bits per heavy atom. The van der Waals surface area contributed by atoms with E-state index in [4.69, 9.17) is 0 Å². The van der Waals surface area contributed by atoms with Gasteiger partial charge in [-0.15, -0.1) is 0 Å². The summed E-state index contributed by atoms with van der Waals surface area (Å²) in [4.78, 5) is 43.2. The normalized spacial score (nSPS) is 17.1. The molecule has 10 heteroatoms. The molecule has 1 unspecified atom stereocenters. The number of benzene rings is 3. The average Bonchev–Trinajstić information content (AvgIpc) is 3.60. The van der Waals surface area contributed by atoms with E-state index in [1.807, 2.05) is 16.6 Å². The molecule has 2 aliphatic heterocycles. The number of anilines is 1. The Kier molecular flexibility index (Phi) is 10.9. The van der Waals surface area contributed by atoms with Crippen molar-refractivity contribution in [2.75, 3.05) is 18.4 Å². The van der Waals surface area contributed by atoms with Gasteiger partial charge in [0.15, 0.2) is 0 Å². The molecule has 2 fully saturated rings. The summed E-state index contributed by atoms with van der Waals surface area (Å²) in [6.45, 7) is 12.1. The van der Waals surface area contributed by atoms with Gasteiger partial charge in [-0.05, 0) is 109 Å². The zero-order valence-corrected chi connectivity index (χ0v) is 31.8. The third kappa shape index (κ3) is 9.05. The van der Waals surface area contributed by atoms with Gasteiger partial charge < -0.3 is 10.6 Å². The van der Waals surface area contributed by atoms with E-state index in [1.54, 1.807) is 6.33 Å². The molecule has 4 heterocycles. The maximum Gasteiger partial charge on any atom is 0.249 e. The molecule has 3 aromatic carbocycles. The summed E-state index contributed by atoms with van der Waals surface area (Å²) >= 11 is 0. The lowest BCUT2D eigenvalue weighted by Gasteiger charge is -2.32. The lowest BCUT2D eigenvalue weighted by Crippen LogP contribution is -2.47. The van der Waals surface area contributed by atoms with Gasteiger partial charge in [-0.3, -0.25) is 24.6 Å². The van der Waals surface area contributed by atoms with E-state index in [1.165, 1.54) is 11.1 Å². The predicted octanol–water partition coefficient (Wildman–Crippen LogP) is 7.41. The van der Waals surface area contributed by atoms with Crippen LogP contribution in [0.5, 0.6) is 0 Å². The van der Waals surface area contributed by atoms with Gasteiger partial charge in [0, 0.05) is 48.9 Å². The number of amides is 3. The molecule has 0 radical (unpaired) electrons. The molecule has 2 aliphatic rings. The van der Waals surface area contributed by atoms with Gasteiger partial charge >= 0.3 is 0 Å². The van der Waals surface area contributed by atoms with E-state index in [2.05, 4.69) is 125 Å². The van der Waals surface area contributed by atoms with E-state index in [0.717, 1.165) is 83.6 Å². The number of carbonyl (C=O) groups excluding carboxylic acids is 3. The Labute approximate surface area is 317 Å². The number of hydrogen-bond acceptors (Lipinski definition) is 7. The number of imide groups is 1. The Morgan fingerprint density at radius 2 is 1.65 bits per heavy atom. The summed E-state index contributed by atoms with van der Waals surface area (Å²) in [7, 11) is 0. The van der Waals surface area contributed by atoms with Crippen LogP contribution in [0.25, 0.3) is 27.9 Å². The number of hydrogen-bond donors (Lipinski definition) is 3. The van der Waals surface area contributed by atoms with E-state index in [-0.39, 0.29) is 29.2 Å². The molecule has 2 saturated heterocycles. The van der Waals surface area contributed by atoms with Crippen LogP contribution in [-0.4, -0.2) is 56.4 Å². The Hall–Kier alpha value is -5.35. The quantitative estimate of drug-likeness (QED) is 0.121. The fourth-order valence-corrected chi connectivity index (χ4v) is 7.49. The minimum Gasteiger partial charge on any atom is -0.374 e. The van der Waals surface area contributed by atoms with Crippen LogP contribution in [0.3, 0.4) is 0 Å². The lowest BCUT2D eigenvalue weighted by atomic mass is 9.89. The number of nitrogens with one attached hydrogen (secondary N) is 3. The standard InChI is InChI=1S/C44H51N7O3/c1-29-23-34(9-10-35(29)25-45-40(52)17-20-44(2,3)4)42-39-24-36(27-51(39)47-28-46-42)32-7-5-30(6-8-32)26-50-21-18-33(19-22-50)31-11-13-37(14-12-31)48-38-15-16-41(53)49-43(38)54/h5-14,23-24,27-28,33,38,48H,15-22,25-26H2,1-4H3,(H,45,52)(H,49,53,54). The number of aromatic nitrogens is 3. The van der Waals surface area contributed by atoms with Crippen LogP contribution in [-0.2, 0) is 27.5 Å². The first-order valence-electron chi connectivity index (χ1n) is 19.2. The van der Waals surface area contributed by atoms with Crippen LogP contribution >= 0.6 is 0 Å². The van der Waals surface area contributed by atoms with Crippen LogP contribution in [0.1, 0.15) is 87.5 Å². The molecule has 2 aromatic heterocycles. The number of aryl methyl sites for hydroxylation is 1. The van der Waals surface area contributed by atoms with Gasteiger partial charge in [0.1, 0.15) is 12.4 Å². The first kappa shape index (κ1) is 37.0. The van der Waals surface area contributed by atoms with Crippen LogP contribution in [0.4, 0.5) is 5.69 Å². The van der Waals surface area contributed by atoms with Crippen molar-refractivity contribution in [2.45, 2.75) is 91.3 Å². The molecule has 10 nitrogen and oxygen atoms in total. The molecular weight excluding hydrogens is 675 g/mol. The highest BCUT2D eigenvalue weighted by atomic mass is 16.2. The molecule has 0 bridgehead atoms. The average molecular weight is 726 g/mol. The van der Waals surface area contributed by atoms with Gasteiger partial charge in [-0.2, -0.15) is 5.10 Å². The number of nitrogens with zero attached hydrogens (tertiary/aromatic N) is 4. The summed E-state index contributed by atoms with van der Waals surface area (Å²) in [6.07, 6.45) is 8.16. The SMILES string of the molecule is Cc1cc(-c2ncnn3cc(-c4ccc(CN5CCC(c6ccc(NC7CCC(=O)NC7=O)cc6)CC5)cc4)cc23)ccc1CNC(=O)CCC(C)(C)C. The van der Waals surface area contributed by atoms with E-state index in [9.17, 15) is 14.4 Å². The van der Waals surface area contributed by atoms with Crippen LogP contribution in [0.2, 0.25) is 0 Å². The fourth-order valence-electron chi connectivity index (χ4n) is 7.49. The second kappa shape index (κ2) is 15.9. The summed E-state index contributed by atoms with van der Waals surface area (Å²) in [5, 5.41) is 13.3. The Bertz CT molecular complexity index is 2120. The van der Waals surface area contributed by atoms with Crippen molar-refractivity contribution in [2.24, 2.45) is 5.41 Å². The molecule has 1 atom stereocenters. The second-order valence-corrected chi connectivity index (χ2v) is 16.2. The topological polar surface area (TPSA) is 121 Å². The fraction of sp³-hybridized carbons (Fsp3) is 0.386. The summed E-state index contributed by atoms with van der Waals surface area (Å²) in [5.74, 6) is 0.154. The van der Waals surface area contributed by atoms with Crippen LogP contribution < -0.4 is 16.0 Å². The molecule has 0 aliphatic carbocycles. The number of rotatable bonds is 11. The minimum absolute atomic E-state index is 0.0865. The summed E-state index contributed by atoms with van der Waals surface area (Å²) < 4.78 is 1.90. The van der Waals surface area contributed by atoms with Crippen molar-refractivity contribution in [3.8, 4) is 22.4 Å². The van der Waals surface area contributed by atoms with Crippen molar-refractivity contribution in [1.82, 2.24) is 30.1 Å². The monoisotopic (exact) mass is 725 g/mol. The van der Waals surface area contributed by atoms with Gasteiger partial charge in [-0.25, -0.2) is 9.50 Å². The Morgan fingerprint density at radius 3 is 2.35 bits per heavy atom. The molecule has 54 heavy (non-hydrogen) atoms. The zero-order valence-electron chi connectivity index (χ0n) is 31.8. The number of fused-ring (bicyclic) bond motifs is 1. The third-order valence-electron chi connectivity index (χ3n) is 10.8. The second-order valence-electron chi connectivity index (χ2n) is 16.2. The van der Waals surface area contributed by atoms with Gasteiger partial charge in [0.05, 0.1) is 11.2 Å². The third-order valence-corrected chi connectivity index (χ3v) is 10.8. The van der Waals surface area contributed by atoms with Crippen molar-refractivity contribution >= 4 is 28.9 Å². The number of carbonyl (C=O) groups is 3. The first-order chi connectivity index (χ1) is 26.0. The van der Waals surface area contributed by atoms with Crippen molar-refractivity contribution in [3.05, 3.63) is 108 Å². The Balaban J connectivity index is 0.929. The largest absolute Gasteiger partial charge is 0.374 e. The van der Waals surface area contributed by atoms with Crippen molar-refractivity contribution in [3.63, 3.8) is 0 Å². The molecule has 3 amide bonds. The van der Waals surface area contributed by atoms with E-state index >= 15 is 0 Å². The maximum atomic E-state index is 12.4. The van der Waals surface area contributed by atoms with Gasteiger partial charge in [-0.1, -0.05) is 69.3 Å². The molecule has 7 rings (SSSR count). The van der Waals surface area contributed by atoms with Gasteiger partial charge in [0.25, 0.3) is 0 Å². The number of likely N-dealkylation sites (tertiary alicyclic amines) is 1. The molecule has 5 aromatic rings. The van der Waals surface area contributed by atoms with Crippen LogP contribution in [0, 0.1) is 12.3 Å². The van der Waals surface area contributed by atoms with E-state index < -0.39 is 0 Å². The van der Waals surface area contributed by atoms with Crippen LogP contribution in [0.15, 0.2) is 85.3 Å². The first-order valence-corrected chi connectivity index (χ1v) is 19.2. The highest BCUT2D eigenvalue weighted by Crippen LogP contribution is 2.32. The predicted molar refractivity (Wildman–Crippen MR) is 213 cm³/mol. The highest BCUT2D eigenvalue weighted by Gasteiger charge is 2.27. The van der Waals surface area contributed by atoms with E-state index in [0.29, 0.717) is 31.7 Å². The summed E-state index contributed by atoms with van der Waals surface area (Å²) in [5.41, 5.74) is 11.0. The number of piperidine rings is 2.